The maximum absolute atomic E-state index is 5.17. The normalized spacial score (nSPS) is 12.6. The second-order valence-electron chi connectivity index (χ2n) is 3.39. The molecule has 1 N–H and O–H groups in total. The predicted octanol–water partition coefficient (Wildman–Crippen LogP) is 3.20. The van der Waals surface area contributed by atoms with E-state index in [-0.39, 0.29) is 6.10 Å². The van der Waals surface area contributed by atoms with Gasteiger partial charge in [0.15, 0.2) is 0 Å². The van der Waals surface area contributed by atoms with Crippen LogP contribution in [0.3, 0.4) is 0 Å². The average molecular weight is 258 g/mol. The predicted molar refractivity (Wildman–Crippen MR) is 63.8 cm³/mol. The van der Waals surface area contributed by atoms with Gasteiger partial charge in [0.1, 0.15) is 0 Å². The van der Waals surface area contributed by atoms with Crippen LogP contribution in [0.15, 0.2) is 22.7 Å². The monoisotopic (exact) mass is 257 g/mol. The van der Waals surface area contributed by atoms with Crippen molar-refractivity contribution in [2.45, 2.75) is 20.0 Å². The lowest BCUT2D eigenvalue weighted by Crippen LogP contribution is -2.18. The molecule has 0 saturated heterocycles. The van der Waals surface area contributed by atoms with Crippen LogP contribution in [0.1, 0.15) is 12.5 Å². The molecule has 0 aromatic heterocycles. The molecular formula is C11H16BrNO. The van der Waals surface area contributed by atoms with Crippen LogP contribution >= 0.6 is 15.9 Å². The van der Waals surface area contributed by atoms with Gasteiger partial charge in [0.2, 0.25) is 0 Å². The van der Waals surface area contributed by atoms with E-state index in [0.29, 0.717) is 0 Å². The highest BCUT2D eigenvalue weighted by atomic mass is 79.9. The SMILES string of the molecule is COC(C)CNc1cc(Br)ccc1C. The van der Waals surface area contributed by atoms with Crippen LogP contribution in [0.5, 0.6) is 0 Å². The fraction of sp³-hybridized carbons (Fsp3) is 0.455. The zero-order chi connectivity index (χ0) is 10.6. The first-order chi connectivity index (χ1) is 6.63. The number of methoxy groups -OCH3 is 1. The van der Waals surface area contributed by atoms with Gasteiger partial charge in [-0.1, -0.05) is 22.0 Å². The van der Waals surface area contributed by atoms with E-state index in [2.05, 4.69) is 40.3 Å². The summed E-state index contributed by atoms with van der Waals surface area (Å²) in [4.78, 5) is 0. The summed E-state index contributed by atoms with van der Waals surface area (Å²) in [6.45, 7) is 4.96. The number of benzene rings is 1. The molecule has 1 rings (SSSR count). The first-order valence-corrected chi connectivity index (χ1v) is 5.45. The van der Waals surface area contributed by atoms with Crippen molar-refractivity contribution in [3.63, 3.8) is 0 Å². The molecule has 0 aliphatic heterocycles. The zero-order valence-corrected chi connectivity index (χ0v) is 10.4. The summed E-state index contributed by atoms with van der Waals surface area (Å²) in [5.74, 6) is 0. The number of aryl methyl sites for hydroxylation is 1. The number of halogens is 1. The third-order valence-electron chi connectivity index (χ3n) is 2.18. The molecule has 1 aromatic rings. The van der Waals surface area contributed by atoms with E-state index in [0.717, 1.165) is 16.7 Å². The third kappa shape index (κ3) is 3.31. The molecule has 1 aromatic carbocycles. The van der Waals surface area contributed by atoms with Crippen LogP contribution in [0.4, 0.5) is 5.69 Å². The minimum Gasteiger partial charge on any atom is -0.382 e. The van der Waals surface area contributed by atoms with E-state index < -0.39 is 0 Å². The van der Waals surface area contributed by atoms with Crippen molar-refractivity contribution < 1.29 is 4.74 Å². The van der Waals surface area contributed by atoms with Crippen LogP contribution in [0.25, 0.3) is 0 Å². The van der Waals surface area contributed by atoms with Gasteiger partial charge in [-0.05, 0) is 31.5 Å². The number of hydrogen-bond donors (Lipinski definition) is 1. The molecule has 0 saturated carbocycles. The number of ether oxygens (including phenoxy) is 1. The fourth-order valence-corrected chi connectivity index (χ4v) is 1.48. The van der Waals surface area contributed by atoms with Crippen molar-refractivity contribution in [2.75, 3.05) is 19.0 Å². The molecule has 0 aliphatic rings. The molecule has 0 fully saturated rings. The standard InChI is InChI=1S/C11H16BrNO/c1-8-4-5-10(12)6-11(8)13-7-9(2)14-3/h4-6,9,13H,7H2,1-3H3. The Hall–Kier alpha value is -0.540. The average Bonchev–Trinajstić information content (AvgIpc) is 2.19. The van der Waals surface area contributed by atoms with Crippen molar-refractivity contribution in [1.29, 1.82) is 0 Å². The fourth-order valence-electron chi connectivity index (χ4n) is 1.12. The van der Waals surface area contributed by atoms with Gasteiger partial charge < -0.3 is 10.1 Å². The zero-order valence-electron chi connectivity index (χ0n) is 8.80. The topological polar surface area (TPSA) is 21.3 Å². The summed E-state index contributed by atoms with van der Waals surface area (Å²) in [5.41, 5.74) is 2.40. The van der Waals surface area contributed by atoms with Gasteiger partial charge in [-0.15, -0.1) is 0 Å². The highest BCUT2D eigenvalue weighted by Gasteiger charge is 2.01. The lowest BCUT2D eigenvalue weighted by atomic mass is 10.2. The van der Waals surface area contributed by atoms with Crippen molar-refractivity contribution in [1.82, 2.24) is 0 Å². The third-order valence-corrected chi connectivity index (χ3v) is 2.68. The van der Waals surface area contributed by atoms with Gasteiger partial charge in [0.25, 0.3) is 0 Å². The van der Waals surface area contributed by atoms with Crippen LogP contribution < -0.4 is 5.32 Å². The Balaban J connectivity index is 2.62. The summed E-state index contributed by atoms with van der Waals surface area (Å²) in [6.07, 6.45) is 0.230. The molecule has 0 aliphatic carbocycles. The summed E-state index contributed by atoms with van der Waals surface area (Å²) >= 11 is 3.45. The molecule has 3 heteroatoms. The van der Waals surface area contributed by atoms with Gasteiger partial charge in [0.05, 0.1) is 6.10 Å². The number of anilines is 1. The van der Waals surface area contributed by atoms with E-state index in [1.54, 1.807) is 7.11 Å². The number of hydrogen-bond acceptors (Lipinski definition) is 2. The van der Waals surface area contributed by atoms with Crippen molar-refractivity contribution in [3.8, 4) is 0 Å². The molecule has 0 amide bonds. The van der Waals surface area contributed by atoms with Crippen LogP contribution in [0, 0.1) is 6.92 Å². The summed E-state index contributed by atoms with van der Waals surface area (Å²) < 4.78 is 6.26. The Morgan fingerprint density at radius 3 is 2.86 bits per heavy atom. The lowest BCUT2D eigenvalue weighted by Gasteiger charge is -2.13. The first-order valence-electron chi connectivity index (χ1n) is 4.66. The number of nitrogens with one attached hydrogen (secondary N) is 1. The van der Waals surface area contributed by atoms with Crippen molar-refractivity contribution in [2.24, 2.45) is 0 Å². The van der Waals surface area contributed by atoms with Crippen LogP contribution in [-0.2, 0) is 4.74 Å². The van der Waals surface area contributed by atoms with Gasteiger partial charge in [-0.25, -0.2) is 0 Å². The first kappa shape index (κ1) is 11.5. The van der Waals surface area contributed by atoms with E-state index in [1.165, 1.54) is 5.56 Å². The lowest BCUT2D eigenvalue weighted by molar-refractivity contribution is 0.129. The van der Waals surface area contributed by atoms with Gasteiger partial charge in [-0.2, -0.15) is 0 Å². The summed E-state index contributed by atoms with van der Waals surface area (Å²) in [5, 5.41) is 3.35. The van der Waals surface area contributed by atoms with Crippen LogP contribution in [0.2, 0.25) is 0 Å². The Morgan fingerprint density at radius 2 is 2.21 bits per heavy atom. The quantitative estimate of drug-likeness (QED) is 0.895. The second-order valence-corrected chi connectivity index (χ2v) is 4.30. The largest absolute Gasteiger partial charge is 0.382 e. The van der Waals surface area contributed by atoms with E-state index in [1.807, 2.05) is 13.0 Å². The maximum atomic E-state index is 5.17. The molecule has 2 nitrogen and oxygen atoms in total. The molecule has 0 heterocycles. The smallest absolute Gasteiger partial charge is 0.0715 e. The molecule has 14 heavy (non-hydrogen) atoms. The van der Waals surface area contributed by atoms with Crippen molar-refractivity contribution in [3.05, 3.63) is 28.2 Å². The summed E-state index contributed by atoms with van der Waals surface area (Å²) in [6, 6.07) is 6.21. The Bertz CT molecular complexity index is 301. The molecule has 1 unspecified atom stereocenters. The molecule has 0 spiro atoms. The molecular weight excluding hydrogens is 242 g/mol. The Kier molecular flexibility index (Phi) is 4.42. The summed E-state index contributed by atoms with van der Waals surface area (Å²) in [7, 11) is 1.72. The van der Waals surface area contributed by atoms with Gasteiger partial charge in [0, 0.05) is 23.8 Å². The molecule has 1 atom stereocenters. The van der Waals surface area contributed by atoms with E-state index in [4.69, 9.17) is 4.74 Å². The Labute approximate surface area is 93.8 Å². The highest BCUT2D eigenvalue weighted by Crippen LogP contribution is 2.20. The Morgan fingerprint density at radius 1 is 1.50 bits per heavy atom. The number of rotatable bonds is 4. The second kappa shape index (κ2) is 5.37. The minimum atomic E-state index is 0.230. The minimum absolute atomic E-state index is 0.230. The molecule has 0 bridgehead atoms. The van der Waals surface area contributed by atoms with Crippen molar-refractivity contribution >= 4 is 21.6 Å². The van der Waals surface area contributed by atoms with Gasteiger partial charge >= 0.3 is 0 Å². The van der Waals surface area contributed by atoms with Crippen LogP contribution in [-0.4, -0.2) is 19.8 Å². The maximum Gasteiger partial charge on any atom is 0.0715 e. The van der Waals surface area contributed by atoms with Gasteiger partial charge in [-0.3, -0.25) is 0 Å². The molecule has 0 radical (unpaired) electrons. The highest BCUT2D eigenvalue weighted by molar-refractivity contribution is 9.10. The molecule has 78 valence electrons. The van der Waals surface area contributed by atoms with E-state index >= 15 is 0 Å². The van der Waals surface area contributed by atoms with E-state index in [9.17, 15) is 0 Å².